The molecule has 1 rings (SSSR count). The van der Waals surface area contributed by atoms with Crippen molar-refractivity contribution in [3.63, 3.8) is 0 Å². The topological polar surface area (TPSA) is 46.2 Å². The second-order valence-corrected chi connectivity index (χ2v) is 3.19. The summed E-state index contributed by atoms with van der Waals surface area (Å²) in [5.41, 5.74) is 5.94. The Morgan fingerprint density at radius 1 is 1.46 bits per heavy atom. The van der Waals surface area contributed by atoms with Crippen LogP contribution in [0.4, 0.5) is 4.39 Å². The van der Waals surface area contributed by atoms with E-state index in [0.717, 1.165) is 12.5 Å². The first-order valence-electron chi connectivity index (χ1n) is 4.02. The molecule has 0 saturated carbocycles. The highest BCUT2D eigenvalue weighted by atomic mass is 35.5. The van der Waals surface area contributed by atoms with Crippen molar-refractivity contribution in [1.82, 2.24) is 0 Å². The quantitative estimate of drug-likeness (QED) is 0.790. The zero-order valence-corrected chi connectivity index (χ0v) is 7.81. The fourth-order valence-electron chi connectivity index (χ4n) is 1.07. The fourth-order valence-corrected chi connectivity index (χ4v) is 1.26. The maximum Gasteiger partial charge on any atom is 0.145 e. The van der Waals surface area contributed by atoms with Gasteiger partial charge in [0.15, 0.2) is 0 Å². The van der Waals surface area contributed by atoms with E-state index in [1.807, 2.05) is 0 Å². The first-order valence-corrected chi connectivity index (χ1v) is 4.40. The average molecular weight is 204 g/mol. The number of aryl methyl sites for hydroxylation is 1. The van der Waals surface area contributed by atoms with Crippen LogP contribution in [-0.2, 0) is 6.42 Å². The second-order valence-electron chi connectivity index (χ2n) is 2.79. The fraction of sp³-hybridized carbons (Fsp3) is 0.333. The Hall–Kier alpha value is -0.800. The van der Waals surface area contributed by atoms with Crippen molar-refractivity contribution < 1.29 is 9.50 Å². The minimum Gasteiger partial charge on any atom is -0.508 e. The van der Waals surface area contributed by atoms with Crippen LogP contribution in [0.15, 0.2) is 12.1 Å². The Bertz CT molecular complexity index is 304. The largest absolute Gasteiger partial charge is 0.508 e. The van der Waals surface area contributed by atoms with E-state index in [4.69, 9.17) is 17.3 Å². The van der Waals surface area contributed by atoms with E-state index < -0.39 is 5.82 Å². The summed E-state index contributed by atoms with van der Waals surface area (Å²) in [6.45, 7) is 0.536. The van der Waals surface area contributed by atoms with E-state index in [1.165, 1.54) is 6.07 Å². The van der Waals surface area contributed by atoms with Gasteiger partial charge in [0.05, 0.1) is 5.02 Å². The molecule has 0 aromatic heterocycles. The van der Waals surface area contributed by atoms with E-state index in [0.29, 0.717) is 18.5 Å². The number of aromatic hydroxyl groups is 1. The highest BCUT2D eigenvalue weighted by Gasteiger charge is 2.06. The van der Waals surface area contributed by atoms with E-state index in [-0.39, 0.29) is 10.8 Å². The first kappa shape index (κ1) is 10.3. The molecule has 3 N–H and O–H groups in total. The van der Waals surface area contributed by atoms with Gasteiger partial charge >= 0.3 is 0 Å². The maximum absolute atomic E-state index is 12.8. The van der Waals surface area contributed by atoms with Gasteiger partial charge in [-0.25, -0.2) is 4.39 Å². The van der Waals surface area contributed by atoms with Gasteiger partial charge in [-0.1, -0.05) is 11.6 Å². The average Bonchev–Trinajstić information content (AvgIpc) is 2.09. The Labute approximate surface area is 81.1 Å². The van der Waals surface area contributed by atoms with Gasteiger partial charge in [-0.3, -0.25) is 0 Å². The molecule has 0 amide bonds. The third-order valence-corrected chi connectivity index (χ3v) is 2.06. The van der Waals surface area contributed by atoms with E-state index in [9.17, 15) is 9.50 Å². The van der Waals surface area contributed by atoms with Crippen LogP contribution < -0.4 is 5.73 Å². The second kappa shape index (κ2) is 4.44. The molecule has 0 aliphatic heterocycles. The molecule has 0 unspecified atom stereocenters. The van der Waals surface area contributed by atoms with Gasteiger partial charge in [-0.15, -0.1) is 0 Å². The highest BCUT2D eigenvalue weighted by Crippen LogP contribution is 2.25. The number of benzene rings is 1. The molecule has 0 fully saturated rings. The predicted octanol–water partition coefficient (Wildman–Crippen LogP) is 2.08. The zero-order valence-electron chi connectivity index (χ0n) is 7.06. The third kappa shape index (κ3) is 2.57. The van der Waals surface area contributed by atoms with Gasteiger partial charge in [0, 0.05) is 6.07 Å². The van der Waals surface area contributed by atoms with Crippen LogP contribution in [0.5, 0.6) is 5.75 Å². The van der Waals surface area contributed by atoms with Crippen molar-refractivity contribution in [2.24, 2.45) is 5.73 Å². The van der Waals surface area contributed by atoms with Crippen molar-refractivity contribution >= 4 is 11.6 Å². The van der Waals surface area contributed by atoms with Crippen molar-refractivity contribution in [2.45, 2.75) is 12.8 Å². The molecule has 0 bridgehead atoms. The molecule has 0 aliphatic carbocycles. The maximum atomic E-state index is 12.8. The monoisotopic (exact) mass is 203 g/mol. The van der Waals surface area contributed by atoms with Crippen molar-refractivity contribution in [3.8, 4) is 5.75 Å². The number of hydrogen-bond donors (Lipinski definition) is 2. The molecule has 0 heterocycles. The molecule has 1 aromatic rings. The van der Waals surface area contributed by atoms with Crippen LogP contribution >= 0.6 is 11.6 Å². The van der Waals surface area contributed by atoms with Crippen molar-refractivity contribution in [2.75, 3.05) is 6.54 Å². The zero-order chi connectivity index (χ0) is 9.84. The number of nitrogens with two attached hydrogens (primary N) is 1. The summed E-state index contributed by atoms with van der Waals surface area (Å²) in [7, 11) is 0. The standard InChI is InChI=1S/C9H11ClFNO/c10-7-4-6(2-1-3-12)9(13)5-8(7)11/h4-5,13H,1-3,12H2. The van der Waals surface area contributed by atoms with Crippen LogP contribution in [-0.4, -0.2) is 11.7 Å². The summed E-state index contributed by atoms with van der Waals surface area (Å²) < 4.78 is 12.8. The van der Waals surface area contributed by atoms with Crippen molar-refractivity contribution in [3.05, 3.63) is 28.5 Å². The Morgan fingerprint density at radius 2 is 2.15 bits per heavy atom. The van der Waals surface area contributed by atoms with Gasteiger partial charge in [0.2, 0.25) is 0 Å². The molecule has 2 nitrogen and oxygen atoms in total. The molecule has 0 aliphatic rings. The summed E-state index contributed by atoms with van der Waals surface area (Å²) in [6, 6.07) is 2.45. The number of rotatable bonds is 3. The third-order valence-electron chi connectivity index (χ3n) is 1.77. The number of phenolic OH excluding ortho intramolecular Hbond substituents is 1. The Morgan fingerprint density at radius 3 is 2.77 bits per heavy atom. The summed E-state index contributed by atoms with van der Waals surface area (Å²) in [4.78, 5) is 0. The van der Waals surface area contributed by atoms with Gasteiger partial charge in [0.1, 0.15) is 11.6 Å². The molecule has 72 valence electrons. The summed E-state index contributed by atoms with van der Waals surface area (Å²) >= 11 is 5.55. The smallest absolute Gasteiger partial charge is 0.145 e. The number of phenols is 1. The van der Waals surface area contributed by atoms with E-state index in [1.54, 1.807) is 0 Å². The summed E-state index contributed by atoms with van der Waals surface area (Å²) in [5, 5.41) is 9.34. The molecule has 0 atom stereocenters. The number of halogens is 2. The van der Waals surface area contributed by atoms with E-state index >= 15 is 0 Å². The lowest BCUT2D eigenvalue weighted by atomic mass is 10.1. The van der Waals surface area contributed by atoms with Crippen molar-refractivity contribution in [1.29, 1.82) is 0 Å². The molecule has 0 spiro atoms. The highest BCUT2D eigenvalue weighted by molar-refractivity contribution is 6.30. The van der Waals surface area contributed by atoms with Crippen LogP contribution in [0.25, 0.3) is 0 Å². The molecule has 0 saturated heterocycles. The molecule has 13 heavy (non-hydrogen) atoms. The molecule has 0 radical (unpaired) electrons. The molecular weight excluding hydrogens is 193 g/mol. The molecular formula is C9H11ClFNO. The molecule has 1 aromatic carbocycles. The van der Waals surface area contributed by atoms with Crippen LogP contribution in [0.1, 0.15) is 12.0 Å². The van der Waals surface area contributed by atoms with Crippen LogP contribution in [0, 0.1) is 5.82 Å². The van der Waals surface area contributed by atoms with E-state index in [2.05, 4.69) is 0 Å². The first-order chi connectivity index (χ1) is 6.15. The van der Waals surface area contributed by atoms with Gasteiger partial charge in [0.25, 0.3) is 0 Å². The minimum atomic E-state index is -0.601. The Balaban J connectivity index is 2.88. The predicted molar refractivity (Wildman–Crippen MR) is 50.5 cm³/mol. The normalized spacial score (nSPS) is 10.4. The van der Waals surface area contributed by atoms with Gasteiger partial charge in [-0.05, 0) is 31.0 Å². The van der Waals surface area contributed by atoms with Gasteiger partial charge < -0.3 is 10.8 Å². The SMILES string of the molecule is NCCCc1cc(Cl)c(F)cc1O. The summed E-state index contributed by atoms with van der Waals surface area (Å²) in [5.74, 6) is -0.661. The lowest BCUT2D eigenvalue weighted by Gasteiger charge is -2.04. The lowest BCUT2D eigenvalue weighted by Crippen LogP contribution is -2.00. The Kier molecular flexibility index (Phi) is 3.51. The van der Waals surface area contributed by atoms with Crippen LogP contribution in [0.3, 0.4) is 0 Å². The molecule has 4 heteroatoms. The minimum absolute atomic E-state index is 0.0322. The van der Waals surface area contributed by atoms with Crippen LogP contribution in [0.2, 0.25) is 5.02 Å². The lowest BCUT2D eigenvalue weighted by molar-refractivity contribution is 0.461. The van der Waals surface area contributed by atoms with Gasteiger partial charge in [-0.2, -0.15) is 0 Å². The number of hydrogen-bond acceptors (Lipinski definition) is 2. The summed E-state index contributed by atoms with van der Waals surface area (Å²) in [6.07, 6.45) is 1.36.